The number of aryl methyl sites for hydroxylation is 2. The Morgan fingerprint density at radius 1 is 1.00 bits per heavy atom. The summed E-state index contributed by atoms with van der Waals surface area (Å²) in [5.41, 5.74) is 2.89. The normalized spacial score (nSPS) is 13.2. The van der Waals surface area contributed by atoms with Crippen LogP contribution in [0.3, 0.4) is 0 Å². The highest BCUT2D eigenvalue weighted by molar-refractivity contribution is 7.89. The molecule has 0 fully saturated rings. The van der Waals surface area contributed by atoms with E-state index in [4.69, 9.17) is 9.47 Å². The summed E-state index contributed by atoms with van der Waals surface area (Å²) in [5, 5.41) is 2.84. The van der Waals surface area contributed by atoms with Gasteiger partial charge in [0.2, 0.25) is 15.9 Å². The van der Waals surface area contributed by atoms with Gasteiger partial charge in [0, 0.05) is 24.7 Å². The van der Waals surface area contributed by atoms with E-state index in [1.165, 1.54) is 12.1 Å². The fraction of sp³-hybridized carbons (Fsp3) is 0.350. The summed E-state index contributed by atoms with van der Waals surface area (Å²) < 4.78 is 38.2. The van der Waals surface area contributed by atoms with Crippen LogP contribution in [-0.4, -0.2) is 34.1 Å². The molecule has 0 aromatic heterocycles. The molecule has 0 spiro atoms. The number of carbonyl (C=O) groups is 1. The Balaban J connectivity index is 1.49. The molecule has 1 aliphatic rings. The number of carbonyl (C=O) groups excluding carboxylic acids is 1. The molecule has 7 nitrogen and oxygen atoms in total. The lowest BCUT2D eigenvalue weighted by molar-refractivity contribution is -0.116. The van der Waals surface area contributed by atoms with E-state index >= 15 is 0 Å². The zero-order valence-electron chi connectivity index (χ0n) is 15.9. The van der Waals surface area contributed by atoms with Crippen LogP contribution in [0.5, 0.6) is 11.5 Å². The molecule has 0 atom stereocenters. The Kier molecular flexibility index (Phi) is 6.21. The summed E-state index contributed by atoms with van der Waals surface area (Å²) in [4.78, 5) is 12.2. The molecular weight excluding hydrogens is 380 g/mol. The maximum atomic E-state index is 12.4. The SMILES string of the molecule is Cc1cc(C)cc(NC(=O)CCCNS(=O)(=O)c2ccc3c(c2)OCCO3)c1. The van der Waals surface area contributed by atoms with Gasteiger partial charge >= 0.3 is 0 Å². The highest BCUT2D eigenvalue weighted by Gasteiger charge is 2.19. The highest BCUT2D eigenvalue weighted by Crippen LogP contribution is 2.32. The average molecular weight is 404 g/mol. The lowest BCUT2D eigenvalue weighted by atomic mass is 10.1. The number of amides is 1. The molecule has 28 heavy (non-hydrogen) atoms. The fourth-order valence-corrected chi connectivity index (χ4v) is 4.09. The van der Waals surface area contributed by atoms with Crippen molar-refractivity contribution in [3.8, 4) is 11.5 Å². The van der Waals surface area contributed by atoms with Crippen LogP contribution in [0, 0.1) is 13.8 Å². The third kappa shape index (κ3) is 5.24. The van der Waals surface area contributed by atoms with Gasteiger partial charge < -0.3 is 14.8 Å². The van der Waals surface area contributed by atoms with Gasteiger partial charge in [0.05, 0.1) is 4.90 Å². The summed E-state index contributed by atoms with van der Waals surface area (Å²) in [6.07, 6.45) is 0.608. The largest absolute Gasteiger partial charge is 0.486 e. The van der Waals surface area contributed by atoms with Crippen molar-refractivity contribution in [2.75, 3.05) is 25.1 Å². The minimum absolute atomic E-state index is 0.108. The predicted octanol–water partition coefficient (Wildman–Crippen LogP) is 2.77. The Morgan fingerprint density at radius 3 is 2.39 bits per heavy atom. The number of anilines is 1. The van der Waals surface area contributed by atoms with E-state index in [9.17, 15) is 13.2 Å². The molecule has 1 heterocycles. The summed E-state index contributed by atoms with van der Waals surface area (Å²) in [5.74, 6) is 0.804. The van der Waals surface area contributed by atoms with Gasteiger partial charge in [0.25, 0.3) is 0 Å². The van der Waals surface area contributed by atoms with Gasteiger partial charge in [-0.3, -0.25) is 4.79 Å². The predicted molar refractivity (Wildman–Crippen MR) is 106 cm³/mol. The molecule has 1 aliphatic heterocycles. The van der Waals surface area contributed by atoms with Crippen LogP contribution in [0.1, 0.15) is 24.0 Å². The molecule has 8 heteroatoms. The van der Waals surface area contributed by atoms with Gasteiger partial charge in [-0.05, 0) is 55.7 Å². The second kappa shape index (κ2) is 8.62. The summed E-state index contributed by atoms with van der Waals surface area (Å²) in [6.45, 7) is 4.93. The van der Waals surface area contributed by atoms with Crippen molar-refractivity contribution < 1.29 is 22.7 Å². The van der Waals surface area contributed by atoms with Crippen molar-refractivity contribution in [3.05, 3.63) is 47.5 Å². The van der Waals surface area contributed by atoms with Crippen LogP contribution in [0.2, 0.25) is 0 Å². The van der Waals surface area contributed by atoms with Crippen molar-refractivity contribution in [1.82, 2.24) is 4.72 Å². The molecule has 2 aromatic carbocycles. The van der Waals surface area contributed by atoms with Crippen LogP contribution in [0.4, 0.5) is 5.69 Å². The minimum atomic E-state index is -3.68. The Morgan fingerprint density at radius 2 is 1.68 bits per heavy atom. The molecule has 0 bridgehead atoms. The number of hydrogen-bond donors (Lipinski definition) is 2. The minimum Gasteiger partial charge on any atom is -0.486 e. The first kappa shape index (κ1) is 20.2. The van der Waals surface area contributed by atoms with E-state index in [1.54, 1.807) is 6.07 Å². The summed E-state index contributed by atoms with van der Waals surface area (Å²) in [7, 11) is -3.68. The maximum Gasteiger partial charge on any atom is 0.240 e. The van der Waals surface area contributed by atoms with Crippen molar-refractivity contribution in [2.24, 2.45) is 0 Å². The van der Waals surface area contributed by atoms with Crippen molar-refractivity contribution in [1.29, 1.82) is 0 Å². The number of sulfonamides is 1. The first-order valence-corrected chi connectivity index (χ1v) is 10.6. The second-order valence-electron chi connectivity index (χ2n) is 6.73. The molecule has 0 unspecified atom stereocenters. The number of ether oxygens (including phenoxy) is 2. The van der Waals surface area contributed by atoms with Crippen LogP contribution >= 0.6 is 0 Å². The zero-order chi connectivity index (χ0) is 20.1. The van der Waals surface area contributed by atoms with E-state index in [1.807, 2.05) is 32.0 Å². The van der Waals surface area contributed by atoms with Gasteiger partial charge in [-0.1, -0.05) is 6.07 Å². The Hall–Kier alpha value is -2.58. The van der Waals surface area contributed by atoms with E-state index in [2.05, 4.69) is 10.0 Å². The van der Waals surface area contributed by atoms with Gasteiger partial charge in [-0.2, -0.15) is 0 Å². The Bertz CT molecular complexity index is 952. The molecule has 3 rings (SSSR count). The second-order valence-corrected chi connectivity index (χ2v) is 8.50. The summed E-state index contributed by atoms with van der Waals surface area (Å²) >= 11 is 0. The van der Waals surface area contributed by atoms with E-state index in [0.29, 0.717) is 31.1 Å². The third-order valence-corrected chi connectivity index (χ3v) is 5.66. The standard InChI is InChI=1S/C20H24N2O5S/c1-14-10-15(2)12-16(11-14)22-20(23)4-3-7-21-28(24,25)17-5-6-18-19(13-17)27-9-8-26-18/h5-6,10-13,21H,3-4,7-9H2,1-2H3,(H,22,23). The zero-order valence-corrected chi connectivity index (χ0v) is 16.8. The van der Waals surface area contributed by atoms with E-state index < -0.39 is 10.0 Å². The van der Waals surface area contributed by atoms with Crippen LogP contribution in [0.15, 0.2) is 41.3 Å². The van der Waals surface area contributed by atoms with Crippen LogP contribution in [-0.2, 0) is 14.8 Å². The van der Waals surface area contributed by atoms with Gasteiger partial charge in [-0.25, -0.2) is 13.1 Å². The van der Waals surface area contributed by atoms with Gasteiger partial charge in [0.15, 0.2) is 11.5 Å². The number of hydrogen-bond acceptors (Lipinski definition) is 5. The molecule has 0 aliphatic carbocycles. The van der Waals surface area contributed by atoms with Crippen molar-refractivity contribution in [3.63, 3.8) is 0 Å². The smallest absolute Gasteiger partial charge is 0.240 e. The molecule has 150 valence electrons. The molecule has 2 N–H and O–H groups in total. The first-order valence-electron chi connectivity index (χ1n) is 9.11. The van der Waals surface area contributed by atoms with E-state index in [0.717, 1.165) is 16.8 Å². The number of rotatable bonds is 7. The monoisotopic (exact) mass is 404 g/mol. The lowest BCUT2D eigenvalue weighted by Gasteiger charge is -2.18. The molecule has 0 saturated carbocycles. The summed E-state index contributed by atoms with van der Waals surface area (Å²) in [6, 6.07) is 10.3. The molecule has 2 aromatic rings. The highest BCUT2D eigenvalue weighted by atomic mass is 32.2. The van der Waals surface area contributed by atoms with Crippen molar-refractivity contribution in [2.45, 2.75) is 31.6 Å². The van der Waals surface area contributed by atoms with E-state index in [-0.39, 0.29) is 23.8 Å². The number of nitrogens with one attached hydrogen (secondary N) is 2. The fourth-order valence-electron chi connectivity index (χ4n) is 3.00. The number of fused-ring (bicyclic) bond motifs is 1. The topological polar surface area (TPSA) is 93.7 Å². The van der Waals surface area contributed by atoms with Crippen LogP contribution in [0.25, 0.3) is 0 Å². The third-order valence-electron chi connectivity index (χ3n) is 4.20. The molecular formula is C20H24N2O5S. The van der Waals surface area contributed by atoms with Gasteiger partial charge in [-0.15, -0.1) is 0 Å². The van der Waals surface area contributed by atoms with Crippen LogP contribution < -0.4 is 19.5 Å². The molecule has 0 radical (unpaired) electrons. The molecule has 1 amide bonds. The average Bonchev–Trinajstić information content (AvgIpc) is 2.64. The quantitative estimate of drug-likeness (QED) is 0.692. The Labute approximate surface area is 165 Å². The lowest BCUT2D eigenvalue weighted by Crippen LogP contribution is -2.26. The first-order chi connectivity index (χ1) is 13.3. The van der Waals surface area contributed by atoms with Gasteiger partial charge in [0.1, 0.15) is 13.2 Å². The number of benzene rings is 2. The molecule has 0 saturated heterocycles. The van der Waals surface area contributed by atoms with Crippen molar-refractivity contribution >= 4 is 21.6 Å². The maximum absolute atomic E-state index is 12.4.